The van der Waals surface area contributed by atoms with Crippen LogP contribution in [-0.2, 0) is 4.79 Å². The van der Waals surface area contributed by atoms with Gasteiger partial charge in [-0.05, 0) is 63.9 Å². The lowest BCUT2D eigenvalue weighted by Crippen LogP contribution is -2.10. The molecular formula is C22H27N5O2. The van der Waals surface area contributed by atoms with Crippen LogP contribution in [0.2, 0.25) is 0 Å². The molecular weight excluding hydrogens is 366 g/mol. The van der Waals surface area contributed by atoms with Crippen molar-refractivity contribution in [2.75, 3.05) is 5.32 Å². The average molecular weight is 393 g/mol. The van der Waals surface area contributed by atoms with Crippen molar-refractivity contribution >= 4 is 11.6 Å². The molecule has 0 saturated carbocycles. The summed E-state index contributed by atoms with van der Waals surface area (Å²) in [6, 6.07) is 9.02. The zero-order chi connectivity index (χ0) is 21.0. The molecule has 3 rings (SSSR count). The summed E-state index contributed by atoms with van der Waals surface area (Å²) in [7, 11) is 0. The number of hydrogen-bond donors (Lipinski definition) is 1. The molecule has 7 nitrogen and oxygen atoms in total. The van der Waals surface area contributed by atoms with E-state index < -0.39 is 0 Å². The summed E-state index contributed by atoms with van der Waals surface area (Å²) in [4.78, 5) is 20.7. The number of aromatic nitrogens is 4. The molecule has 29 heavy (non-hydrogen) atoms. The smallest absolute Gasteiger partial charge is 0.224 e. The molecule has 0 aliphatic carbocycles. The number of nitrogens with zero attached hydrogens (tertiary/aromatic N) is 4. The van der Waals surface area contributed by atoms with E-state index in [4.69, 9.17) is 4.74 Å². The lowest BCUT2D eigenvalue weighted by molar-refractivity contribution is -0.116. The Hall–Kier alpha value is -3.22. The van der Waals surface area contributed by atoms with Gasteiger partial charge >= 0.3 is 0 Å². The summed E-state index contributed by atoms with van der Waals surface area (Å²) in [5.41, 5.74) is 3.89. The van der Waals surface area contributed by atoms with Crippen molar-refractivity contribution in [3.8, 4) is 17.4 Å². The molecule has 0 fully saturated rings. The van der Waals surface area contributed by atoms with Crippen molar-refractivity contribution in [2.24, 2.45) is 0 Å². The zero-order valence-corrected chi connectivity index (χ0v) is 17.6. The highest BCUT2D eigenvalue weighted by molar-refractivity contribution is 5.90. The molecule has 0 aliphatic heterocycles. The first kappa shape index (κ1) is 20.5. The van der Waals surface area contributed by atoms with E-state index in [1.807, 2.05) is 39.8 Å². The highest BCUT2D eigenvalue weighted by Crippen LogP contribution is 2.24. The van der Waals surface area contributed by atoms with E-state index in [-0.39, 0.29) is 5.91 Å². The quantitative estimate of drug-likeness (QED) is 0.622. The van der Waals surface area contributed by atoms with Gasteiger partial charge in [0.15, 0.2) is 5.82 Å². The molecule has 0 saturated heterocycles. The third-order valence-corrected chi connectivity index (χ3v) is 4.79. The van der Waals surface area contributed by atoms with Gasteiger partial charge in [-0.1, -0.05) is 13.3 Å². The van der Waals surface area contributed by atoms with E-state index in [1.165, 1.54) is 0 Å². The number of anilines is 1. The highest BCUT2D eigenvalue weighted by atomic mass is 16.5. The van der Waals surface area contributed by atoms with Crippen LogP contribution in [0.1, 0.15) is 49.0 Å². The normalized spacial score (nSPS) is 10.8. The van der Waals surface area contributed by atoms with E-state index in [0.717, 1.165) is 35.5 Å². The fraction of sp³-hybridized carbons (Fsp3) is 0.364. The van der Waals surface area contributed by atoms with Crippen molar-refractivity contribution in [3.05, 3.63) is 53.1 Å². The van der Waals surface area contributed by atoms with Crippen LogP contribution in [0.15, 0.2) is 30.3 Å². The number of aryl methyl sites for hydroxylation is 2. The van der Waals surface area contributed by atoms with E-state index in [9.17, 15) is 4.79 Å². The maximum Gasteiger partial charge on any atom is 0.224 e. The van der Waals surface area contributed by atoms with Crippen LogP contribution in [0, 0.1) is 27.7 Å². The first-order chi connectivity index (χ1) is 13.9. The van der Waals surface area contributed by atoms with Gasteiger partial charge in [-0.15, -0.1) is 0 Å². The molecule has 2 aromatic heterocycles. The van der Waals surface area contributed by atoms with Gasteiger partial charge in [-0.25, -0.2) is 9.67 Å². The predicted octanol–water partition coefficient (Wildman–Crippen LogP) is 4.82. The largest absolute Gasteiger partial charge is 0.439 e. The second kappa shape index (κ2) is 8.86. The Balaban J connectivity index is 1.76. The molecule has 0 spiro atoms. The highest BCUT2D eigenvalue weighted by Gasteiger charge is 2.13. The Labute approximate surface area is 171 Å². The molecule has 152 valence electrons. The van der Waals surface area contributed by atoms with Crippen LogP contribution in [0.3, 0.4) is 0 Å². The predicted molar refractivity (Wildman–Crippen MR) is 113 cm³/mol. The Bertz CT molecular complexity index is 1010. The third-order valence-electron chi connectivity index (χ3n) is 4.79. The summed E-state index contributed by atoms with van der Waals surface area (Å²) in [6.07, 6.45) is 2.42. The summed E-state index contributed by atoms with van der Waals surface area (Å²) in [5, 5.41) is 7.45. The summed E-state index contributed by atoms with van der Waals surface area (Å²) in [6.45, 7) is 9.93. The van der Waals surface area contributed by atoms with Gasteiger partial charge in [0.2, 0.25) is 11.8 Å². The van der Waals surface area contributed by atoms with Crippen molar-refractivity contribution in [1.82, 2.24) is 19.7 Å². The molecule has 0 atom stereocenters. The van der Waals surface area contributed by atoms with E-state index in [2.05, 4.69) is 27.3 Å². The number of amides is 1. The van der Waals surface area contributed by atoms with Gasteiger partial charge in [0.05, 0.1) is 5.69 Å². The maximum absolute atomic E-state index is 11.8. The topological polar surface area (TPSA) is 81.9 Å². The molecule has 0 bridgehead atoms. The number of carbonyl (C=O) groups is 1. The fourth-order valence-corrected chi connectivity index (χ4v) is 2.92. The summed E-state index contributed by atoms with van der Waals surface area (Å²) in [5.74, 6) is 2.36. The van der Waals surface area contributed by atoms with Crippen LogP contribution in [0.4, 0.5) is 5.69 Å². The zero-order valence-electron chi connectivity index (χ0n) is 17.6. The van der Waals surface area contributed by atoms with Crippen LogP contribution in [0.25, 0.3) is 5.82 Å². The van der Waals surface area contributed by atoms with Gasteiger partial charge in [0, 0.05) is 23.9 Å². The minimum absolute atomic E-state index is 0.0248. The van der Waals surface area contributed by atoms with Crippen molar-refractivity contribution in [1.29, 1.82) is 0 Å². The fourth-order valence-electron chi connectivity index (χ4n) is 2.92. The van der Waals surface area contributed by atoms with Crippen LogP contribution in [0.5, 0.6) is 11.6 Å². The minimum atomic E-state index is 0.0248. The average Bonchev–Trinajstić information content (AvgIpc) is 2.95. The van der Waals surface area contributed by atoms with E-state index in [0.29, 0.717) is 29.7 Å². The number of rotatable bonds is 7. The van der Waals surface area contributed by atoms with E-state index >= 15 is 0 Å². The Morgan fingerprint density at radius 2 is 1.83 bits per heavy atom. The molecule has 0 aliphatic rings. The Morgan fingerprint density at radius 3 is 2.45 bits per heavy atom. The van der Waals surface area contributed by atoms with Gasteiger partial charge in [-0.2, -0.15) is 10.1 Å². The number of benzene rings is 1. The molecule has 3 aromatic rings. The summed E-state index contributed by atoms with van der Waals surface area (Å²) >= 11 is 0. The number of hydrogen-bond acceptors (Lipinski definition) is 5. The second-order valence-electron chi connectivity index (χ2n) is 7.10. The van der Waals surface area contributed by atoms with Gasteiger partial charge in [0.1, 0.15) is 11.6 Å². The van der Waals surface area contributed by atoms with Gasteiger partial charge in [-0.3, -0.25) is 4.79 Å². The van der Waals surface area contributed by atoms with E-state index in [1.54, 1.807) is 22.9 Å². The first-order valence-corrected chi connectivity index (χ1v) is 9.84. The molecule has 1 N–H and O–H groups in total. The third kappa shape index (κ3) is 4.99. The lowest BCUT2D eigenvalue weighted by atomic mass is 10.2. The first-order valence-electron chi connectivity index (χ1n) is 9.84. The Kier molecular flexibility index (Phi) is 6.26. The van der Waals surface area contributed by atoms with Crippen LogP contribution >= 0.6 is 0 Å². The SMILES string of the molecule is CCCCC(=O)Nc1ccc(Oc2cc(-n3nc(C)c(C)c3C)nc(C)n2)cc1. The second-order valence-corrected chi connectivity index (χ2v) is 7.10. The standard InChI is InChI=1S/C22H27N5O2/c1-6-7-8-21(28)25-18-9-11-19(12-10-18)29-22-13-20(23-17(5)24-22)27-16(4)14(2)15(3)26-27/h9-13H,6-8H2,1-5H3,(H,25,28). The number of unbranched alkanes of at least 4 members (excludes halogenated alkanes) is 1. The van der Waals surface area contributed by atoms with Gasteiger partial charge < -0.3 is 10.1 Å². The summed E-state index contributed by atoms with van der Waals surface area (Å²) < 4.78 is 7.72. The molecule has 2 heterocycles. The maximum atomic E-state index is 11.8. The number of carbonyl (C=O) groups excluding carboxylic acids is 1. The Morgan fingerprint density at radius 1 is 1.10 bits per heavy atom. The van der Waals surface area contributed by atoms with Crippen molar-refractivity contribution < 1.29 is 9.53 Å². The number of nitrogens with one attached hydrogen (secondary N) is 1. The van der Waals surface area contributed by atoms with Crippen LogP contribution < -0.4 is 10.1 Å². The molecule has 7 heteroatoms. The molecule has 0 unspecified atom stereocenters. The number of ether oxygens (including phenoxy) is 1. The molecule has 0 radical (unpaired) electrons. The molecule has 1 aromatic carbocycles. The van der Waals surface area contributed by atoms with Crippen LogP contribution in [-0.4, -0.2) is 25.7 Å². The molecule has 1 amide bonds. The minimum Gasteiger partial charge on any atom is -0.439 e. The van der Waals surface area contributed by atoms with Gasteiger partial charge in [0.25, 0.3) is 0 Å². The monoisotopic (exact) mass is 393 g/mol. The van der Waals surface area contributed by atoms with Crippen molar-refractivity contribution in [2.45, 2.75) is 53.9 Å². The lowest BCUT2D eigenvalue weighted by Gasteiger charge is -2.10. The van der Waals surface area contributed by atoms with Crippen molar-refractivity contribution in [3.63, 3.8) is 0 Å².